The molecule has 28 heteroatoms. The molecule has 4 bridgehead atoms. The molecule has 1 fully saturated rings. The van der Waals surface area contributed by atoms with E-state index in [-0.39, 0.29) is 135 Å². The summed E-state index contributed by atoms with van der Waals surface area (Å²) in [5, 5.41) is 55.8. The molecule has 107 heavy (non-hydrogen) atoms. The third kappa shape index (κ3) is 18.3. The lowest BCUT2D eigenvalue weighted by atomic mass is 9.78. The van der Waals surface area contributed by atoms with Crippen LogP contribution >= 0.6 is 0 Å². The SMILES string of the molecule is CO[C@H]1/C=C/O[C@@]2(C)Oc3c(C)c(O)c4c(=O)c(c5oc6cc(N7CCC([N+](C)(C)Cc8ccc(NC(=O)[C@H](CCCN=C(N)N)CC(=O)[C@@H](NC(=O)CCCCCN9C(=O)C=CC9=O)C(C)C)cc8)CC7)cc(=O)c6nc5c4c3=C2O)NC(=O)/C(C)=C\C=C\[C@H](C)[C@H](O)[C@@H](C)[C@@H](O)[C@@H](C)[C@H](OC(C)=O)[C@@H]1C. The number of allylic oxidation sites excluding steroid dienone is 2. The van der Waals surface area contributed by atoms with Crippen molar-refractivity contribution in [3.8, 4) is 11.5 Å². The predicted molar refractivity (Wildman–Crippen MR) is 405 cm³/mol. The lowest BCUT2D eigenvalue weighted by Gasteiger charge is -2.43. The number of ketones is 1. The summed E-state index contributed by atoms with van der Waals surface area (Å²) in [4.78, 5) is 134. The minimum atomic E-state index is -2.05. The number of rotatable bonds is 23. The molecule has 0 saturated carbocycles. The number of carbonyl (C=O) groups is 7. The molecule has 0 aliphatic carbocycles. The second kappa shape index (κ2) is 34.3. The van der Waals surface area contributed by atoms with E-state index in [4.69, 9.17) is 39.8 Å². The second-order valence-corrected chi connectivity index (χ2v) is 30.0. The number of fused-ring (bicyclic) bond motifs is 2. The van der Waals surface area contributed by atoms with Gasteiger partial charge in [0.25, 0.3) is 17.7 Å². The highest BCUT2D eigenvalue weighted by molar-refractivity contribution is 6.17. The quantitative estimate of drug-likeness (QED) is 0.00464. The Hall–Kier alpha value is -10.0. The Bertz CT molecular complexity index is 4550. The van der Waals surface area contributed by atoms with Gasteiger partial charge in [0, 0.05) is 160 Å². The normalized spacial score (nSPS) is 24.2. The second-order valence-electron chi connectivity index (χ2n) is 30.0. The number of ether oxygens (including phenoxy) is 4. The number of amides is 5. The number of nitrogens with one attached hydrogen (secondary N) is 3. The minimum Gasteiger partial charge on any atom is -0.507 e. The number of aromatic hydroxyl groups is 1. The van der Waals surface area contributed by atoms with Crippen LogP contribution in [0.5, 0.6) is 11.5 Å². The van der Waals surface area contributed by atoms with Crippen LogP contribution in [0.2, 0.25) is 0 Å². The Morgan fingerprint density at radius 2 is 1.56 bits per heavy atom. The number of nitrogens with zero attached hydrogens (tertiary/aromatic N) is 5. The highest BCUT2D eigenvalue weighted by Gasteiger charge is 2.45. The Morgan fingerprint density at radius 3 is 2.21 bits per heavy atom. The number of guanidine groups is 1. The molecule has 5 amide bonds. The molecule has 11 N–H and O–H groups in total. The lowest BCUT2D eigenvalue weighted by Crippen LogP contribution is -2.53. The number of piperidine rings is 1. The number of phenolic OH excluding ortho intramolecular Hbond substituents is 1. The fourth-order valence-electron chi connectivity index (χ4n) is 14.9. The van der Waals surface area contributed by atoms with Gasteiger partial charge in [0.2, 0.25) is 22.7 Å². The molecule has 4 aliphatic rings. The van der Waals surface area contributed by atoms with E-state index >= 15 is 4.79 Å². The van der Waals surface area contributed by atoms with E-state index in [0.717, 1.165) is 10.5 Å². The van der Waals surface area contributed by atoms with E-state index in [2.05, 4.69) is 39.9 Å². The maximum absolute atomic E-state index is 15.2. The summed E-state index contributed by atoms with van der Waals surface area (Å²) in [7, 11) is 5.72. The number of esters is 1. The molecular formula is C79H103N10O18+. The monoisotopic (exact) mass is 1480 g/mol. The summed E-state index contributed by atoms with van der Waals surface area (Å²) in [6, 6.07) is 9.92. The topological polar surface area (TPSA) is 404 Å². The van der Waals surface area contributed by atoms with Crippen molar-refractivity contribution in [3.63, 3.8) is 0 Å². The van der Waals surface area contributed by atoms with E-state index in [9.17, 15) is 58.8 Å². The van der Waals surface area contributed by atoms with Crippen LogP contribution in [-0.4, -0.2) is 172 Å². The Kier molecular flexibility index (Phi) is 25.9. The average Bonchev–Trinajstić information content (AvgIpc) is 1.54. The standard InChI is InChI=1S/C79H102N10O18/c1-41(2)64(84-58(93)22-15-14-16-33-88-59(94)27-28-60(88)95)54(91)37-50(21-18-32-82-78(80)81)77(102)83-51-25-23-49(24-26-51)40-89(11,12)53-29-34-87(35-30-53)52-38-55(92)65-57(39-52)106-74-66(85-65)61-62-70(98)47(8)73-63(61)75(100)79(10,107-73)104-36-31-56(103-13)44(5)72(105-48(9)90)46(7)69(97)45(6)68(96)42(3)19-17-20-43(4)76(101)86-67(74)71(62)99/h17,19-20,23-28,31,36,38-39,41-42,44-46,50,53,56,64,68-69,72,96-97H,14-16,18,21-22,29-30,32-35,37,40H2,1-13H3,(H8-,80,81,82,83,84,85,86,92,93,94,95,98,99,100,101,102)/p+1/b19-17+,36-31+,43-20-/t42-,44+,45+,46+,50+,56-,64-,68-,69+,72+,79-/m0/s1. The summed E-state index contributed by atoms with van der Waals surface area (Å²) in [5.41, 5.74) is 10.7. The molecule has 5 heterocycles. The highest BCUT2D eigenvalue weighted by Crippen LogP contribution is 2.43. The van der Waals surface area contributed by atoms with E-state index in [1.807, 2.05) is 38.1 Å². The number of methoxy groups -OCH3 is 1. The minimum absolute atomic E-state index is 0.0148. The largest absolute Gasteiger partial charge is 0.507 e. The highest BCUT2D eigenvalue weighted by atomic mass is 16.7. The third-order valence-electron chi connectivity index (χ3n) is 21.4. The number of imide groups is 1. The molecule has 1 aromatic heterocycles. The number of aromatic nitrogens is 1. The van der Waals surface area contributed by atoms with E-state index in [1.165, 1.54) is 71.4 Å². The molecule has 4 aromatic carbocycles. The first-order valence-electron chi connectivity index (χ1n) is 36.6. The van der Waals surface area contributed by atoms with Crippen LogP contribution in [0.3, 0.4) is 0 Å². The number of anilines is 3. The van der Waals surface area contributed by atoms with Crippen LogP contribution in [0.4, 0.5) is 17.1 Å². The molecular weight excluding hydrogens is 1380 g/mol. The number of carbonyl (C=O) groups excluding carboxylic acids is 7. The first-order valence-corrected chi connectivity index (χ1v) is 36.6. The van der Waals surface area contributed by atoms with Crippen LogP contribution in [0.15, 0.2) is 104 Å². The maximum atomic E-state index is 15.2. The van der Waals surface area contributed by atoms with Gasteiger partial charge >= 0.3 is 11.8 Å². The number of unbranched alkanes of at least 4 members (excludes halogenated alkanes) is 2. The van der Waals surface area contributed by atoms with Gasteiger partial charge < -0.3 is 80.6 Å². The van der Waals surface area contributed by atoms with Crippen molar-refractivity contribution < 1.29 is 81.8 Å². The van der Waals surface area contributed by atoms with Crippen molar-refractivity contribution >= 4 is 103 Å². The van der Waals surface area contributed by atoms with Gasteiger partial charge in [-0.3, -0.25) is 53.0 Å². The average molecular weight is 1480 g/mol. The number of Topliss-reactive ketones (excluding diaryl/α,β-unsaturated/α-hetero) is 1. The van der Waals surface area contributed by atoms with Crippen molar-refractivity contribution in [1.29, 1.82) is 0 Å². The molecule has 5 aromatic rings. The first kappa shape index (κ1) is 81.1. The first-order chi connectivity index (χ1) is 50.5. The van der Waals surface area contributed by atoms with Crippen LogP contribution in [0.25, 0.3) is 38.7 Å². The summed E-state index contributed by atoms with van der Waals surface area (Å²) in [6.07, 6.45) is 9.45. The van der Waals surface area contributed by atoms with E-state index in [0.29, 0.717) is 74.0 Å². The fraction of sp³-hybridized carbons (Fsp3) is 0.506. The number of nitrogens with two attached hydrogens (primary N) is 2. The predicted octanol–water partition coefficient (Wildman–Crippen LogP) is 7.00. The number of aliphatic imine (C=N–C) groups is 1. The Labute approximate surface area is 621 Å². The van der Waals surface area contributed by atoms with Crippen LogP contribution < -0.4 is 53.1 Å². The van der Waals surface area contributed by atoms with Gasteiger partial charge in [0.1, 0.15) is 35.4 Å². The van der Waals surface area contributed by atoms with Crippen molar-refractivity contribution in [1.82, 2.24) is 15.2 Å². The summed E-state index contributed by atoms with van der Waals surface area (Å²) in [6.45, 7) is 18.3. The molecule has 1 saturated heterocycles. The molecule has 28 nitrogen and oxygen atoms in total. The number of hydrogen-bond acceptors (Lipinski definition) is 21. The van der Waals surface area contributed by atoms with Gasteiger partial charge in [-0.2, -0.15) is 0 Å². The molecule has 0 spiro atoms. The zero-order valence-electron chi connectivity index (χ0n) is 63.2. The Morgan fingerprint density at radius 1 is 0.879 bits per heavy atom. The summed E-state index contributed by atoms with van der Waals surface area (Å²) in [5.74, 6) is -10.2. The molecule has 9 rings (SSSR count). The maximum Gasteiger partial charge on any atom is 0.307 e. The van der Waals surface area contributed by atoms with Crippen LogP contribution in [0, 0.1) is 42.4 Å². The van der Waals surface area contributed by atoms with Gasteiger partial charge in [-0.05, 0) is 63.7 Å². The third-order valence-corrected chi connectivity index (χ3v) is 21.4. The van der Waals surface area contributed by atoms with Crippen LogP contribution in [0.1, 0.15) is 131 Å². The number of aliphatic hydroxyl groups is 3. The Balaban J connectivity index is 0.943. The fourth-order valence-corrected chi connectivity index (χ4v) is 14.9. The molecule has 576 valence electrons. The van der Waals surface area contributed by atoms with Crippen molar-refractivity contribution in [2.24, 2.45) is 52.0 Å². The van der Waals surface area contributed by atoms with Gasteiger partial charge in [-0.25, -0.2) is 4.98 Å². The zero-order chi connectivity index (χ0) is 78.3. The van der Waals surface area contributed by atoms with E-state index in [1.54, 1.807) is 45.9 Å². The van der Waals surface area contributed by atoms with Crippen LogP contribution in [-0.2, 0) is 54.3 Å². The summed E-state index contributed by atoms with van der Waals surface area (Å²) >= 11 is 0. The number of hydrogen-bond donors (Lipinski definition) is 9. The van der Waals surface area contributed by atoms with Crippen molar-refractivity contribution in [2.45, 2.75) is 176 Å². The van der Waals surface area contributed by atoms with Crippen molar-refractivity contribution in [3.05, 3.63) is 121 Å². The van der Waals surface area contributed by atoms with Gasteiger partial charge in [-0.1, -0.05) is 78.3 Å². The summed E-state index contributed by atoms with van der Waals surface area (Å²) < 4.78 is 31.5. The van der Waals surface area contributed by atoms with Gasteiger partial charge in [0.15, 0.2) is 34.2 Å². The number of benzene rings is 4. The molecule has 0 radical (unpaired) electrons. The van der Waals surface area contributed by atoms with Gasteiger partial charge in [0.05, 0.1) is 61.4 Å². The molecule has 11 atom stereocenters. The smallest absolute Gasteiger partial charge is 0.307 e. The van der Waals surface area contributed by atoms with E-state index < -0.39 is 106 Å². The number of phenols is 1. The van der Waals surface area contributed by atoms with Crippen molar-refractivity contribution in [2.75, 3.05) is 62.9 Å². The van der Waals surface area contributed by atoms with Gasteiger partial charge in [-0.15, -0.1) is 0 Å². The number of quaternary nitrogens is 1. The zero-order valence-corrected chi connectivity index (χ0v) is 63.2. The molecule has 4 aliphatic heterocycles. The molecule has 0 unspecified atom stereocenters. The lowest BCUT2D eigenvalue weighted by molar-refractivity contribution is -0.928. The number of aliphatic hydroxyl groups excluding tert-OH is 3.